The minimum atomic E-state index is 0.463. The van der Waals surface area contributed by atoms with Crippen molar-refractivity contribution >= 4 is 22.4 Å². The molecule has 0 saturated heterocycles. The zero-order chi connectivity index (χ0) is 21.3. The summed E-state index contributed by atoms with van der Waals surface area (Å²) in [5, 5.41) is 4.47. The summed E-state index contributed by atoms with van der Waals surface area (Å²) in [5.74, 6) is 1.22. The molecular formula is C24H36N6. The number of hydrogen-bond donors (Lipinski definition) is 4. The standard InChI is InChI=1S/C24H36N6/c1-3-4-9-18(17-27-2)10-7-8-14-30-15-13-28-24(26)23(30)22(25)21-16-19-11-5-6-12-20(19)29-21/h5-6,11-13,15-16,18,27,29H,3-4,7-10,14,17,25H2,1-2H3,(H2,26,28)/b23-22-/t18-/m1/s1. The minimum absolute atomic E-state index is 0.463. The van der Waals surface area contributed by atoms with Crippen molar-refractivity contribution in [1.82, 2.24) is 15.2 Å². The van der Waals surface area contributed by atoms with Gasteiger partial charge >= 0.3 is 0 Å². The van der Waals surface area contributed by atoms with Crippen molar-refractivity contribution in [3.8, 4) is 0 Å². The molecule has 0 saturated carbocycles. The third-order valence-electron chi connectivity index (χ3n) is 5.79. The molecule has 0 bridgehead atoms. The summed E-state index contributed by atoms with van der Waals surface area (Å²) in [5.41, 5.74) is 16.2. The predicted octanol–water partition coefficient (Wildman–Crippen LogP) is 4.14. The van der Waals surface area contributed by atoms with Crippen molar-refractivity contribution in [1.29, 1.82) is 0 Å². The number of amidine groups is 1. The molecule has 1 aliphatic heterocycles. The van der Waals surface area contributed by atoms with Crippen LogP contribution in [-0.2, 0) is 0 Å². The fourth-order valence-electron chi connectivity index (χ4n) is 4.15. The van der Waals surface area contributed by atoms with Gasteiger partial charge in [-0.15, -0.1) is 0 Å². The van der Waals surface area contributed by atoms with E-state index in [2.05, 4.69) is 39.2 Å². The maximum atomic E-state index is 6.56. The summed E-state index contributed by atoms with van der Waals surface area (Å²) in [4.78, 5) is 9.83. The van der Waals surface area contributed by atoms with Crippen molar-refractivity contribution in [2.24, 2.45) is 22.4 Å². The number of nitrogens with zero attached hydrogens (tertiary/aromatic N) is 2. The van der Waals surface area contributed by atoms with Crippen molar-refractivity contribution in [2.75, 3.05) is 20.1 Å². The number of aliphatic imine (C=N–C) groups is 1. The number of para-hydroxylation sites is 1. The first-order valence-electron chi connectivity index (χ1n) is 11.1. The van der Waals surface area contributed by atoms with Gasteiger partial charge in [0.1, 0.15) is 11.5 Å². The topological polar surface area (TPSA) is 95.5 Å². The highest BCUT2D eigenvalue weighted by atomic mass is 15.2. The van der Waals surface area contributed by atoms with E-state index in [9.17, 15) is 0 Å². The molecule has 1 atom stereocenters. The molecule has 1 aliphatic rings. The summed E-state index contributed by atoms with van der Waals surface area (Å²) < 4.78 is 0. The molecule has 0 amide bonds. The highest BCUT2D eigenvalue weighted by Crippen LogP contribution is 2.24. The molecule has 0 aliphatic carbocycles. The van der Waals surface area contributed by atoms with Gasteiger partial charge in [-0.25, -0.2) is 4.99 Å². The smallest absolute Gasteiger partial charge is 0.149 e. The Morgan fingerprint density at radius 3 is 2.77 bits per heavy atom. The normalized spacial score (nSPS) is 16.7. The van der Waals surface area contributed by atoms with E-state index in [0.29, 0.717) is 11.5 Å². The van der Waals surface area contributed by atoms with Crippen LogP contribution in [0.2, 0.25) is 0 Å². The molecule has 6 nitrogen and oxygen atoms in total. The maximum absolute atomic E-state index is 6.56. The van der Waals surface area contributed by atoms with Crippen LogP contribution in [0.5, 0.6) is 0 Å². The fraction of sp³-hybridized carbons (Fsp3) is 0.458. The van der Waals surface area contributed by atoms with Gasteiger partial charge in [0.25, 0.3) is 0 Å². The average molecular weight is 409 g/mol. The third-order valence-corrected chi connectivity index (χ3v) is 5.79. The number of unbranched alkanes of at least 4 members (excludes halogenated alkanes) is 2. The number of fused-ring (bicyclic) bond motifs is 1. The van der Waals surface area contributed by atoms with Crippen LogP contribution in [0.4, 0.5) is 0 Å². The van der Waals surface area contributed by atoms with Gasteiger partial charge in [0, 0.05) is 29.8 Å². The highest BCUT2D eigenvalue weighted by Gasteiger charge is 2.20. The second-order valence-electron chi connectivity index (χ2n) is 8.10. The number of benzene rings is 1. The fourth-order valence-corrected chi connectivity index (χ4v) is 4.15. The van der Waals surface area contributed by atoms with Gasteiger partial charge in [0.2, 0.25) is 0 Å². The first-order chi connectivity index (χ1) is 14.6. The Hall–Kier alpha value is -2.73. The second kappa shape index (κ2) is 10.9. The van der Waals surface area contributed by atoms with Gasteiger partial charge in [-0.3, -0.25) is 0 Å². The lowest BCUT2D eigenvalue weighted by Crippen LogP contribution is -2.33. The summed E-state index contributed by atoms with van der Waals surface area (Å²) in [7, 11) is 2.05. The van der Waals surface area contributed by atoms with Crippen LogP contribution in [-0.4, -0.2) is 35.9 Å². The first-order valence-corrected chi connectivity index (χ1v) is 11.1. The molecule has 162 valence electrons. The van der Waals surface area contributed by atoms with Gasteiger partial charge in [-0.1, -0.05) is 44.4 Å². The van der Waals surface area contributed by atoms with Crippen LogP contribution in [0.1, 0.15) is 51.1 Å². The third kappa shape index (κ3) is 5.45. The summed E-state index contributed by atoms with van der Waals surface area (Å²) in [6.07, 6.45) is 11.1. The second-order valence-corrected chi connectivity index (χ2v) is 8.10. The van der Waals surface area contributed by atoms with Crippen molar-refractivity contribution in [3.05, 3.63) is 54.1 Å². The molecule has 2 aromatic rings. The van der Waals surface area contributed by atoms with Gasteiger partial charge in [-0.2, -0.15) is 0 Å². The molecule has 6 N–H and O–H groups in total. The molecule has 1 aromatic carbocycles. The number of nitrogens with one attached hydrogen (secondary N) is 2. The Balaban J connectivity index is 1.67. The Morgan fingerprint density at radius 1 is 1.20 bits per heavy atom. The van der Waals surface area contributed by atoms with Crippen LogP contribution in [0.25, 0.3) is 16.6 Å². The number of aromatic nitrogens is 1. The predicted molar refractivity (Wildman–Crippen MR) is 128 cm³/mol. The molecule has 0 spiro atoms. The Labute approximate surface area is 180 Å². The zero-order valence-electron chi connectivity index (χ0n) is 18.3. The Morgan fingerprint density at radius 2 is 2.00 bits per heavy atom. The molecule has 2 heterocycles. The summed E-state index contributed by atoms with van der Waals surface area (Å²) >= 11 is 0. The van der Waals surface area contributed by atoms with Crippen molar-refractivity contribution in [3.63, 3.8) is 0 Å². The molecular weight excluding hydrogens is 372 g/mol. The van der Waals surface area contributed by atoms with E-state index in [4.69, 9.17) is 11.5 Å². The van der Waals surface area contributed by atoms with Gasteiger partial charge in [0.05, 0.1) is 11.4 Å². The molecule has 0 unspecified atom stereocenters. The highest BCUT2D eigenvalue weighted by molar-refractivity contribution is 6.04. The lowest BCUT2D eigenvalue weighted by atomic mass is 9.96. The van der Waals surface area contributed by atoms with E-state index in [0.717, 1.165) is 47.7 Å². The first kappa shape index (κ1) is 22.0. The van der Waals surface area contributed by atoms with E-state index < -0.39 is 0 Å². The molecule has 0 radical (unpaired) electrons. The van der Waals surface area contributed by atoms with Gasteiger partial charge in [0.15, 0.2) is 0 Å². The number of nitrogens with two attached hydrogens (primary N) is 2. The van der Waals surface area contributed by atoms with Crippen LogP contribution in [0, 0.1) is 5.92 Å². The van der Waals surface area contributed by atoms with Crippen LogP contribution >= 0.6 is 0 Å². The number of H-pyrrole nitrogens is 1. The van der Waals surface area contributed by atoms with Crippen LogP contribution < -0.4 is 16.8 Å². The van der Waals surface area contributed by atoms with E-state index in [-0.39, 0.29) is 0 Å². The SMILES string of the molecule is CCCC[C@H](CCCCN1C=CN=C(N)/C1=C(/N)c1cc2ccccc2[nH]1)CNC. The van der Waals surface area contributed by atoms with Gasteiger partial charge < -0.3 is 26.7 Å². The molecule has 6 heteroatoms. The molecule has 0 fully saturated rings. The zero-order valence-corrected chi connectivity index (χ0v) is 18.3. The van der Waals surface area contributed by atoms with E-state index >= 15 is 0 Å². The summed E-state index contributed by atoms with van der Waals surface area (Å²) in [6, 6.07) is 10.2. The van der Waals surface area contributed by atoms with E-state index in [1.807, 2.05) is 31.4 Å². The van der Waals surface area contributed by atoms with Gasteiger partial charge in [-0.05, 0) is 50.9 Å². The lowest BCUT2D eigenvalue weighted by molar-refractivity contribution is 0.383. The van der Waals surface area contributed by atoms with Crippen molar-refractivity contribution in [2.45, 2.75) is 45.4 Å². The Bertz CT molecular complexity index is 874. The van der Waals surface area contributed by atoms with Crippen LogP contribution in [0.15, 0.2) is 53.4 Å². The molecule has 30 heavy (non-hydrogen) atoms. The van der Waals surface area contributed by atoms with Crippen molar-refractivity contribution < 1.29 is 0 Å². The van der Waals surface area contributed by atoms with E-state index in [1.54, 1.807) is 6.20 Å². The largest absolute Gasteiger partial charge is 0.395 e. The maximum Gasteiger partial charge on any atom is 0.149 e. The minimum Gasteiger partial charge on any atom is -0.395 e. The number of aromatic amines is 1. The molecule has 1 aromatic heterocycles. The average Bonchev–Trinajstić information content (AvgIpc) is 3.19. The monoisotopic (exact) mass is 408 g/mol. The lowest BCUT2D eigenvalue weighted by Gasteiger charge is -2.27. The number of hydrogen-bond acceptors (Lipinski definition) is 5. The van der Waals surface area contributed by atoms with Crippen LogP contribution in [0.3, 0.4) is 0 Å². The summed E-state index contributed by atoms with van der Waals surface area (Å²) in [6.45, 7) is 4.24. The quantitative estimate of drug-likeness (QED) is 0.420. The molecule has 3 rings (SSSR count). The Kier molecular flexibility index (Phi) is 7.97. The van der Waals surface area contributed by atoms with E-state index in [1.165, 1.54) is 32.1 Å². The number of rotatable bonds is 11.